The average molecular weight is 275 g/mol. The first-order valence-corrected chi connectivity index (χ1v) is 5.78. The van der Waals surface area contributed by atoms with E-state index >= 15 is 0 Å². The average Bonchev–Trinajstić information content (AvgIpc) is 2.42. The zero-order valence-electron chi connectivity index (χ0n) is 10.3. The molecule has 102 valence electrons. The molecule has 3 nitrogen and oxygen atoms in total. The Kier molecular flexibility index (Phi) is 4.10. The highest BCUT2D eigenvalue weighted by atomic mass is 19.1. The molecule has 1 amide bonds. The molecular weight excluding hydrogens is 264 g/mol. The topological polar surface area (TPSA) is 49.3 Å². The van der Waals surface area contributed by atoms with Gasteiger partial charge in [-0.15, -0.1) is 0 Å². The first kappa shape index (κ1) is 13.7. The standard InChI is InChI=1S/C15H11F2NO2/c16-11-4-1-10(2-5-11)3-8-15(20)18-12-6-7-14(19)13(17)9-12/h1-9,19H,(H,18,20). The van der Waals surface area contributed by atoms with Crippen molar-refractivity contribution in [2.75, 3.05) is 5.32 Å². The number of aromatic hydroxyl groups is 1. The van der Waals surface area contributed by atoms with Gasteiger partial charge in [-0.1, -0.05) is 12.1 Å². The second-order valence-electron chi connectivity index (χ2n) is 4.04. The molecule has 5 heteroatoms. The van der Waals surface area contributed by atoms with Gasteiger partial charge in [0.25, 0.3) is 0 Å². The van der Waals surface area contributed by atoms with Crippen molar-refractivity contribution in [3.05, 3.63) is 65.7 Å². The smallest absolute Gasteiger partial charge is 0.248 e. The van der Waals surface area contributed by atoms with Crippen LogP contribution in [0.2, 0.25) is 0 Å². The lowest BCUT2D eigenvalue weighted by atomic mass is 10.2. The van der Waals surface area contributed by atoms with Gasteiger partial charge in [-0.3, -0.25) is 4.79 Å². The highest BCUT2D eigenvalue weighted by Crippen LogP contribution is 2.19. The molecule has 0 aliphatic carbocycles. The van der Waals surface area contributed by atoms with E-state index in [4.69, 9.17) is 5.11 Å². The van der Waals surface area contributed by atoms with Gasteiger partial charge in [0.2, 0.25) is 5.91 Å². The van der Waals surface area contributed by atoms with E-state index in [-0.39, 0.29) is 11.5 Å². The highest BCUT2D eigenvalue weighted by molar-refractivity contribution is 6.01. The van der Waals surface area contributed by atoms with Gasteiger partial charge in [-0.05, 0) is 35.9 Å². The molecule has 0 spiro atoms. The van der Waals surface area contributed by atoms with Crippen LogP contribution in [0.25, 0.3) is 6.08 Å². The summed E-state index contributed by atoms with van der Waals surface area (Å²) >= 11 is 0. The summed E-state index contributed by atoms with van der Waals surface area (Å²) in [6.07, 6.45) is 2.75. The number of carbonyl (C=O) groups is 1. The Morgan fingerprint density at radius 2 is 1.80 bits per heavy atom. The fourth-order valence-corrected chi connectivity index (χ4v) is 1.51. The maximum absolute atomic E-state index is 13.1. The summed E-state index contributed by atoms with van der Waals surface area (Å²) in [4.78, 5) is 11.6. The van der Waals surface area contributed by atoms with Gasteiger partial charge in [0.1, 0.15) is 5.82 Å². The lowest BCUT2D eigenvalue weighted by Crippen LogP contribution is -2.07. The molecule has 0 unspecified atom stereocenters. The zero-order chi connectivity index (χ0) is 14.5. The molecule has 2 N–H and O–H groups in total. The van der Waals surface area contributed by atoms with Gasteiger partial charge in [-0.25, -0.2) is 8.78 Å². The van der Waals surface area contributed by atoms with Crippen molar-refractivity contribution in [2.45, 2.75) is 0 Å². The van der Waals surface area contributed by atoms with Gasteiger partial charge in [0.15, 0.2) is 11.6 Å². The lowest BCUT2D eigenvalue weighted by molar-refractivity contribution is -0.111. The number of hydrogen-bond donors (Lipinski definition) is 2. The largest absolute Gasteiger partial charge is 0.505 e. The van der Waals surface area contributed by atoms with E-state index in [2.05, 4.69) is 5.32 Å². The van der Waals surface area contributed by atoms with Crippen LogP contribution >= 0.6 is 0 Å². The maximum Gasteiger partial charge on any atom is 0.248 e. The van der Waals surface area contributed by atoms with Crippen LogP contribution in [-0.4, -0.2) is 11.0 Å². The first-order chi connectivity index (χ1) is 9.54. The summed E-state index contributed by atoms with van der Waals surface area (Å²) in [6, 6.07) is 9.16. The van der Waals surface area contributed by atoms with Crippen LogP contribution in [0.5, 0.6) is 5.75 Å². The molecule has 0 heterocycles. The Morgan fingerprint density at radius 1 is 1.10 bits per heavy atom. The van der Waals surface area contributed by atoms with Gasteiger partial charge in [0, 0.05) is 17.8 Å². The molecule has 0 saturated carbocycles. The van der Waals surface area contributed by atoms with E-state index in [0.29, 0.717) is 5.56 Å². The molecular formula is C15H11F2NO2. The number of hydrogen-bond acceptors (Lipinski definition) is 2. The molecule has 0 aromatic heterocycles. The molecule has 0 bridgehead atoms. The predicted octanol–water partition coefficient (Wildman–Crippen LogP) is 3.32. The fourth-order valence-electron chi connectivity index (χ4n) is 1.51. The Hall–Kier alpha value is -2.69. The van der Waals surface area contributed by atoms with Crippen molar-refractivity contribution in [1.82, 2.24) is 0 Å². The molecule has 2 rings (SSSR count). The number of nitrogens with one attached hydrogen (secondary N) is 1. The summed E-state index contributed by atoms with van der Waals surface area (Å²) in [5.41, 5.74) is 0.896. The number of phenolic OH excluding ortho intramolecular Hbond substituents is 1. The highest BCUT2D eigenvalue weighted by Gasteiger charge is 2.03. The van der Waals surface area contributed by atoms with E-state index in [0.717, 1.165) is 12.1 Å². The van der Waals surface area contributed by atoms with Crippen molar-refractivity contribution in [3.63, 3.8) is 0 Å². The summed E-state index contributed by atoms with van der Waals surface area (Å²) in [5, 5.41) is 11.5. The van der Waals surface area contributed by atoms with Crippen molar-refractivity contribution in [2.24, 2.45) is 0 Å². The van der Waals surface area contributed by atoms with Crippen LogP contribution in [0.15, 0.2) is 48.5 Å². The molecule has 0 fully saturated rings. The lowest BCUT2D eigenvalue weighted by Gasteiger charge is -2.03. The number of carbonyl (C=O) groups excluding carboxylic acids is 1. The SMILES string of the molecule is O=C(C=Cc1ccc(F)cc1)Nc1ccc(O)c(F)c1. The van der Waals surface area contributed by atoms with Gasteiger partial charge < -0.3 is 10.4 Å². The fraction of sp³-hybridized carbons (Fsp3) is 0. The van der Waals surface area contributed by atoms with Gasteiger partial charge >= 0.3 is 0 Å². The van der Waals surface area contributed by atoms with Gasteiger partial charge in [0.05, 0.1) is 0 Å². The molecule has 0 atom stereocenters. The summed E-state index contributed by atoms with van der Waals surface area (Å²) in [6.45, 7) is 0. The zero-order valence-corrected chi connectivity index (χ0v) is 10.3. The van der Waals surface area contributed by atoms with Gasteiger partial charge in [-0.2, -0.15) is 0 Å². The monoisotopic (exact) mass is 275 g/mol. The van der Waals surface area contributed by atoms with Crippen LogP contribution < -0.4 is 5.32 Å². The Labute approximate surface area is 114 Å². The number of phenols is 1. The Balaban J connectivity index is 2.01. The van der Waals surface area contributed by atoms with E-state index in [1.54, 1.807) is 0 Å². The molecule has 0 aliphatic heterocycles. The number of benzene rings is 2. The first-order valence-electron chi connectivity index (χ1n) is 5.78. The van der Waals surface area contributed by atoms with Crippen LogP contribution in [-0.2, 0) is 4.79 Å². The minimum absolute atomic E-state index is 0.231. The van der Waals surface area contributed by atoms with Crippen molar-refractivity contribution in [1.29, 1.82) is 0 Å². The van der Waals surface area contributed by atoms with Crippen molar-refractivity contribution in [3.8, 4) is 5.75 Å². The molecule has 0 aliphatic rings. The third-order valence-electron chi connectivity index (χ3n) is 2.51. The molecule has 0 radical (unpaired) electrons. The van der Waals surface area contributed by atoms with Crippen molar-refractivity contribution < 1.29 is 18.7 Å². The number of amides is 1. The van der Waals surface area contributed by atoms with Crippen molar-refractivity contribution >= 4 is 17.7 Å². The van der Waals surface area contributed by atoms with E-state index < -0.39 is 17.5 Å². The Morgan fingerprint density at radius 3 is 2.45 bits per heavy atom. The van der Waals surface area contributed by atoms with Crippen LogP contribution in [0.1, 0.15) is 5.56 Å². The van der Waals surface area contributed by atoms with Crippen LogP contribution in [0, 0.1) is 11.6 Å². The second kappa shape index (κ2) is 5.97. The predicted molar refractivity (Wildman–Crippen MR) is 72.1 cm³/mol. The molecule has 0 saturated heterocycles. The normalized spacial score (nSPS) is 10.7. The third kappa shape index (κ3) is 3.65. The van der Waals surface area contributed by atoms with E-state index in [1.807, 2.05) is 0 Å². The van der Waals surface area contributed by atoms with E-state index in [1.165, 1.54) is 42.5 Å². The van der Waals surface area contributed by atoms with E-state index in [9.17, 15) is 13.6 Å². The van der Waals surface area contributed by atoms with Crippen LogP contribution in [0.4, 0.5) is 14.5 Å². The Bertz CT molecular complexity index is 651. The molecule has 20 heavy (non-hydrogen) atoms. The minimum atomic E-state index is -0.815. The minimum Gasteiger partial charge on any atom is -0.505 e. The quantitative estimate of drug-likeness (QED) is 0.667. The summed E-state index contributed by atoms with van der Waals surface area (Å²) in [7, 11) is 0. The number of anilines is 1. The molecule has 2 aromatic rings. The number of rotatable bonds is 3. The summed E-state index contributed by atoms with van der Waals surface area (Å²) < 4.78 is 25.7. The van der Waals surface area contributed by atoms with Crippen LogP contribution in [0.3, 0.4) is 0 Å². The summed E-state index contributed by atoms with van der Waals surface area (Å²) in [5.74, 6) is -2.11. The molecule has 2 aromatic carbocycles. The number of halogens is 2. The maximum atomic E-state index is 13.1. The third-order valence-corrected chi connectivity index (χ3v) is 2.51. The second-order valence-corrected chi connectivity index (χ2v) is 4.04.